The van der Waals surface area contributed by atoms with Gasteiger partial charge < -0.3 is 0 Å². The summed E-state index contributed by atoms with van der Waals surface area (Å²) in [6.07, 6.45) is 1.59. The number of nitrogens with one attached hydrogen (secondary N) is 1. The van der Waals surface area contributed by atoms with Crippen LogP contribution in [0, 0.1) is 13.8 Å². The molecule has 128 valence electrons. The van der Waals surface area contributed by atoms with E-state index in [9.17, 15) is 4.79 Å². The predicted molar refractivity (Wildman–Crippen MR) is 99.3 cm³/mol. The molecular weight excluding hydrogens is 328 g/mol. The first-order valence-electron chi connectivity index (χ1n) is 8.13. The third-order valence-electron chi connectivity index (χ3n) is 3.97. The molecule has 1 amide bonds. The van der Waals surface area contributed by atoms with Gasteiger partial charge in [0.05, 0.1) is 6.21 Å². The van der Waals surface area contributed by atoms with Gasteiger partial charge in [0.15, 0.2) is 0 Å². The van der Waals surface area contributed by atoms with E-state index in [1.54, 1.807) is 6.21 Å². The molecule has 0 atom stereocenters. The van der Waals surface area contributed by atoms with E-state index >= 15 is 0 Å². The minimum atomic E-state index is -0.482. The molecule has 0 bridgehead atoms. The number of hydrazone groups is 1. The van der Waals surface area contributed by atoms with Gasteiger partial charge in [-0.05, 0) is 42.3 Å². The fourth-order valence-electron chi connectivity index (χ4n) is 2.77. The molecule has 7 nitrogen and oxygen atoms in total. The lowest BCUT2D eigenvalue weighted by Crippen LogP contribution is -2.19. The van der Waals surface area contributed by atoms with Crippen molar-refractivity contribution in [2.75, 3.05) is 0 Å². The van der Waals surface area contributed by atoms with Crippen LogP contribution in [0.1, 0.15) is 27.6 Å². The van der Waals surface area contributed by atoms with Crippen molar-refractivity contribution in [3.8, 4) is 0 Å². The van der Waals surface area contributed by atoms with Gasteiger partial charge in [0.2, 0.25) is 5.82 Å². The predicted octanol–water partition coefficient (Wildman–Crippen LogP) is 2.66. The van der Waals surface area contributed by atoms with Crippen LogP contribution in [0.4, 0.5) is 0 Å². The van der Waals surface area contributed by atoms with Gasteiger partial charge in [-0.25, -0.2) is 14.9 Å². The number of nitrogens with zero attached hydrogens (tertiary/aromatic N) is 5. The van der Waals surface area contributed by atoms with Crippen molar-refractivity contribution in [2.24, 2.45) is 5.10 Å². The van der Waals surface area contributed by atoms with Gasteiger partial charge in [-0.1, -0.05) is 36.4 Å². The van der Waals surface area contributed by atoms with Gasteiger partial charge >= 0.3 is 5.91 Å². The van der Waals surface area contributed by atoms with Crippen molar-refractivity contribution in [1.82, 2.24) is 25.0 Å². The molecule has 0 saturated carbocycles. The number of carbonyl (C=O) groups is 1. The molecule has 4 rings (SSSR count). The summed E-state index contributed by atoms with van der Waals surface area (Å²) >= 11 is 0. The number of benzene rings is 2. The SMILES string of the molecule is Cc1cc(C)n2nc(C(=O)N/N=C\c3ccc4ccccc4c3)nc2n1. The third-order valence-corrected chi connectivity index (χ3v) is 3.97. The number of aryl methyl sites for hydroxylation is 2. The first kappa shape index (κ1) is 15.9. The molecule has 0 aliphatic heterocycles. The van der Waals surface area contributed by atoms with E-state index in [1.165, 1.54) is 4.52 Å². The molecule has 0 fully saturated rings. The molecule has 0 saturated heterocycles. The van der Waals surface area contributed by atoms with Crippen LogP contribution < -0.4 is 5.43 Å². The lowest BCUT2D eigenvalue weighted by Gasteiger charge is -1.99. The van der Waals surface area contributed by atoms with Crippen molar-refractivity contribution >= 4 is 28.7 Å². The summed E-state index contributed by atoms with van der Waals surface area (Å²) in [5.74, 6) is -0.0578. The first-order chi connectivity index (χ1) is 12.6. The molecule has 0 radical (unpaired) electrons. The Hall–Kier alpha value is -3.61. The highest BCUT2D eigenvalue weighted by atomic mass is 16.2. The second-order valence-corrected chi connectivity index (χ2v) is 5.99. The van der Waals surface area contributed by atoms with Crippen LogP contribution >= 0.6 is 0 Å². The van der Waals surface area contributed by atoms with Crippen LogP contribution in [0.25, 0.3) is 16.6 Å². The third kappa shape index (κ3) is 3.02. The summed E-state index contributed by atoms with van der Waals surface area (Å²) in [4.78, 5) is 20.6. The van der Waals surface area contributed by atoms with Gasteiger partial charge in [0, 0.05) is 11.4 Å². The summed E-state index contributed by atoms with van der Waals surface area (Å²) < 4.78 is 1.54. The monoisotopic (exact) mass is 344 g/mol. The van der Waals surface area contributed by atoms with Crippen molar-refractivity contribution < 1.29 is 4.79 Å². The molecule has 7 heteroatoms. The molecule has 0 aliphatic carbocycles. The van der Waals surface area contributed by atoms with E-state index in [4.69, 9.17) is 0 Å². The second kappa shape index (κ2) is 6.36. The standard InChI is InChI=1S/C19H16N6O/c1-12-9-13(2)25-19(21-12)22-17(24-25)18(26)23-20-11-14-7-8-15-5-3-4-6-16(15)10-14/h3-11H,1-2H3,(H,23,26)/b20-11-. The molecule has 2 heterocycles. The first-order valence-corrected chi connectivity index (χ1v) is 8.13. The number of carbonyl (C=O) groups excluding carboxylic acids is 1. The summed E-state index contributed by atoms with van der Waals surface area (Å²) in [6.45, 7) is 3.76. The quantitative estimate of drug-likeness (QED) is 0.457. The zero-order valence-electron chi connectivity index (χ0n) is 14.3. The van der Waals surface area contributed by atoms with E-state index in [0.717, 1.165) is 27.7 Å². The van der Waals surface area contributed by atoms with E-state index in [1.807, 2.05) is 62.4 Å². The fourth-order valence-corrected chi connectivity index (χ4v) is 2.77. The minimum Gasteiger partial charge on any atom is -0.264 e. The average Bonchev–Trinajstić information content (AvgIpc) is 3.06. The molecule has 2 aromatic heterocycles. The fraction of sp³-hybridized carbons (Fsp3) is 0.105. The lowest BCUT2D eigenvalue weighted by atomic mass is 10.1. The van der Waals surface area contributed by atoms with E-state index in [0.29, 0.717) is 5.78 Å². The van der Waals surface area contributed by atoms with Crippen LogP contribution in [0.2, 0.25) is 0 Å². The van der Waals surface area contributed by atoms with Crippen molar-refractivity contribution in [2.45, 2.75) is 13.8 Å². The molecule has 0 aliphatic rings. The number of amides is 1. The molecule has 0 spiro atoms. The lowest BCUT2D eigenvalue weighted by molar-refractivity contribution is 0.0945. The molecule has 4 aromatic rings. The largest absolute Gasteiger partial charge is 0.311 e. The molecule has 2 aromatic carbocycles. The summed E-state index contributed by atoms with van der Waals surface area (Å²) in [7, 11) is 0. The Morgan fingerprint density at radius 2 is 1.88 bits per heavy atom. The van der Waals surface area contributed by atoms with Crippen LogP contribution in [0.15, 0.2) is 53.6 Å². The van der Waals surface area contributed by atoms with Gasteiger partial charge in [0.25, 0.3) is 5.78 Å². The Morgan fingerprint density at radius 1 is 1.08 bits per heavy atom. The molecule has 0 unspecified atom stereocenters. The van der Waals surface area contributed by atoms with Crippen molar-refractivity contribution in [3.63, 3.8) is 0 Å². The summed E-state index contributed by atoms with van der Waals surface area (Å²) in [5, 5.41) is 10.4. The zero-order chi connectivity index (χ0) is 18.1. The molecular formula is C19H16N6O. The van der Waals surface area contributed by atoms with Gasteiger partial charge in [-0.15, -0.1) is 5.10 Å². The van der Waals surface area contributed by atoms with Gasteiger partial charge in [-0.2, -0.15) is 10.1 Å². The Kier molecular flexibility index (Phi) is 3.89. The maximum Gasteiger partial charge on any atom is 0.311 e. The van der Waals surface area contributed by atoms with Crippen LogP contribution in [-0.4, -0.2) is 31.7 Å². The number of hydrogen-bond donors (Lipinski definition) is 1. The van der Waals surface area contributed by atoms with E-state index < -0.39 is 5.91 Å². The smallest absolute Gasteiger partial charge is 0.264 e. The number of hydrogen-bond acceptors (Lipinski definition) is 5. The Labute approximate surface area is 149 Å². The highest BCUT2D eigenvalue weighted by Gasteiger charge is 2.14. The van der Waals surface area contributed by atoms with Crippen molar-refractivity contribution in [3.05, 3.63) is 71.3 Å². The highest BCUT2D eigenvalue weighted by Crippen LogP contribution is 2.14. The second-order valence-electron chi connectivity index (χ2n) is 5.99. The average molecular weight is 344 g/mol. The number of aromatic nitrogens is 4. The number of rotatable bonds is 3. The molecule has 26 heavy (non-hydrogen) atoms. The van der Waals surface area contributed by atoms with Crippen LogP contribution in [-0.2, 0) is 0 Å². The van der Waals surface area contributed by atoms with Crippen molar-refractivity contribution in [1.29, 1.82) is 0 Å². The van der Waals surface area contributed by atoms with Gasteiger partial charge in [-0.3, -0.25) is 4.79 Å². The minimum absolute atomic E-state index is 0.0295. The normalized spacial score (nSPS) is 11.5. The summed E-state index contributed by atoms with van der Waals surface area (Å²) in [6, 6.07) is 15.9. The zero-order valence-corrected chi connectivity index (χ0v) is 14.3. The Balaban J connectivity index is 1.52. The summed E-state index contributed by atoms with van der Waals surface area (Å²) in [5.41, 5.74) is 5.03. The number of fused-ring (bicyclic) bond motifs is 2. The topological polar surface area (TPSA) is 84.5 Å². The Bertz CT molecular complexity index is 1160. The van der Waals surface area contributed by atoms with Crippen LogP contribution in [0.5, 0.6) is 0 Å². The Morgan fingerprint density at radius 3 is 2.73 bits per heavy atom. The van der Waals surface area contributed by atoms with Gasteiger partial charge in [0.1, 0.15) is 0 Å². The van der Waals surface area contributed by atoms with Crippen LogP contribution in [0.3, 0.4) is 0 Å². The maximum atomic E-state index is 12.2. The van der Waals surface area contributed by atoms with E-state index in [2.05, 4.69) is 25.6 Å². The molecule has 1 N–H and O–H groups in total. The van der Waals surface area contributed by atoms with E-state index in [-0.39, 0.29) is 5.82 Å². The highest BCUT2D eigenvalue weighted by molar-refractivity contribution is 5.93. The maximum absolute atomic E-state index is 12.2.